The number of hydrogen-bond acceptors (Lipinski definition) is 4. The molecule has 5 nitrogen and oxygen atoms in total. The summed E-state index contributed by atoms with van der Waals surface area (Å²) in [4.78, 5) is 17.7. The van der Waals surface area contributed by atoms with Gasteiger partial charge in [0.1, 0.15) is 0 Å². The lowest BCUT2D eigenvalue weighted by molar-refractivity contribution is 0.201. The Morgan fingerprint density at radius 1 is 1.43 bits per heavy atom. The van der Waals surface area contributed by atoms with Crippen molar-refractivity contribution in [3.63, 3.8) is 0 Å². The quantitative estimate of drug-likeness (QED) is 0.690. The lowest BCUT2D eigenvalue weighted by atomic mass is 9.95. The minimum Gasteiger partial charge on any atom is -0.396 e. The number of carbonyl (C=O) groups excluding carboxylic acids is 1. The number of aromatic nitrogens is 1. The highest BCUT2D eigenvalue weighted by Gasteiger charge is 2.23. The molecule has 0 aliphatic carbocycles. The minimum absolute atomic E-state index is 0.0722. The highest BCUT2D eigenvalue weighted by molar-refractivity contribution is 7.11. The van der Waals surface area contributed by atoms with Gasteiger partial charge in [0.25, 0.3) is 0 Å². The molecular formula is C15H27N3O2S. The first-order valence-corrected chi connectivity index (χ1v) is 8.37. The van der Waals surface area contributed by atoms with Crippen LogP contribution in [0.1, 0.15) is 49.2 Å². The Morgan fingerprint density at radius 3 is 2.67 bits per heavy atom. The molecule has 0 radical (unpaired) electrons. The van der Waals surface area contributed by atoms with Gasteiger partial charge < -0.3 is 15.7 Å². The van der Waals surface area contributed by atoms with Gasteiger partial charge in [0, 0.05) is 30.0 Å². The molecule has 6 heteroatoms. The Hall–Kier alpha value is -1.14. The average molecular weight is 313 g/mol. The van der Waals surface area contributed by atoms with E-state index in [-0.39, 0.29) is 18.2 Å². The summed E-state index contributed by atoms with van der Waals surface area (Å²) >= 11 is 1.70. The second kappa shape index (κ2) is 8.34. The van der Waals surface area contributed by atoms with Crippen molar-refractivity contribution in [3.05, 3.63) is 15.6 Å². The SMILES string of the molecule is CCc1nc(CCNC(=O)NC(C)(CC)CCO)sc1C. The van der Waals surface area contributed by atoms with E-state index in [1.54, 1.807) is 11.3 Å². The number of nitrogens with one attached hydrogen (secondary N) is 2. The molecule has 1 aromatic heterocycles. The summed E-state index contributed by atoms with van der Waals surface area (Å²) in [7, 11) is 0. The number of thiazole rings is 1. The van der Waals surface area contributed by atoms with E-state index in [4.69, 9.17) is 5.11 Å². The van der Waals surface area contributed by atoms with Crippen LogP contribution in [0.25, 0.3) is 0 Å². The van der Waals surface area contributed by atoms with Crippen LogP contribution in [0.2, 0.25) is 0 Å². The second-order valence-electron chi connectivity index (χ2n) is 5.48. The van der Waals surface area contributed by atoms with Crippen LogP contribution in [0.3, 0.4) is 0 Å². The molecule has 21 heavy (non-hydrogen) atoms. The van der Waals surface area contributed by atoms with Crippen molar-refractivity contribution in [2.45, 2.75) is 58.9 Å². The van der Waals surface area contributed by atoms with E-state index in [1.807, 2.05) is 13.8 Å². The third kappa shape index (κ3) is 5.63. The number of nitrogens with zero attached hydrogens (tertiary/aromatic N) is 1. The van der Waals surface area contributed by atoms with Gasteiger partial charge in [0.05, 0.1) is 10.7 Å². The third-order valence-corrected chi connectivity index (χ3v) is 4.83. The standard InChI is InChI=1S/C15H27N3O2S/c1-5-12-11(3)21-13(17-12)7-9-16-14(20)18-15(4,6-2)8-10-19/h19H,5-10H2,1-4H3,(H2,16,18,20). The second-order valence-corrected chi connectivity index (χ2v) is 6.77. The van der Waals surface area contributed by atoms with Crippen molar-refractivity contribution in [1.29, 1.82) is 0 Å². The third-order valence-electron chi connectivity index (χ3n) is 3.76. The van der Waals surface area contributed by atoms with Crippen LogP contribution in [0.15, 0.2) is 0 Å². The molecular weight excluding hydrogens is 286 g/mol. The Labute approximate surface area is 131 Å². The molecule has 1 unspecified atom stereocenters. The number of rotatable bonds is 8. The van der Waals surface area contributed by atoms with Gasteiger partial charge in [-0.25, -0.2) is 9.78 Å². The highest BCUT2D eigenvalue weighted by Crippen LogP contribution is 2.18. The zero-order chi connectivity index (χ0) is 15.9. The van der Waals surface area contributed by atoms with E-state index < -0.39 is 0 Å². The smallest absolute Gasteiger partial charge is 0.315 e. The molecule has 0 aliphatic rings. The van der Waals surface area contributed by atoms with E-state index in [0.29, 0.717) is 13.0 Å². The molecule has 1 aromatic rings. The van der Waals surface area contributed by atoms with Gasteiger partial charge in [-0.2, -0.15) is 0 Å². The fourth-order valence-corrected chi connectivity index (χ4v) is 3.12. The van der Waals surface area contributed by atoms with Crippen LogP contribution in [0, 0.1) is 6.92 Å². The summed E-state index contributed by atoms with van der Waals surface area (Å²) < 4.78 is 0. The molecule has 0 spiro atoms. The first-order chi connectivity index (χ1) is 9.94. The molecule has 1 atom stereocenters. The Morgan fingerprint density at radius 2 is 2.14 bits per heavy atom. The van der Waals surface area contributed by atoms with Crippen LogP contribution in [-0.2, 0) is 12.8 Å². The Kier molecular flexibility index (Phi) is 7.11. The summed E-state index contributed by atoms with van der Waals surface area (Å²) in [6, 6.07) is -0.184. The minimum atomic E-state index is -0.355. The van der Waals surface area contributed by atoms with E-state index in [2.05, 4.69) is 29.5 Å². The number of aliphatic hydroxyl groups excluding tert-OH is 1. The summed E-state index contributed by atoms with van der Waals surface area (Å²) in [5.74, 6) is 0. The summed E-state index contributed by atoms with van der Waals surface area (Å²) in [5.41, 5.74) is 0.798. The van der Waals surface area contributed by atoms with Crippen LogP contribution in [0.4, 0.5) is 4.79 Å². The maximum Gasteiger partial charge on any atom is 0.315 e. The summed E-state index contributed by atoms with van der Waals surface area (Å²) in [5, 5.41) is 15.9. The van der Waals surface area contributed by atoms with Crippen LogP contribution in [-0.4, -0.2) is 34.8 Å². The zero-order valence-corrected chi connectivity index (χ0v) is 14.3. The number of aryl methyl sites for hydroxylation is 2. The van der Waals surface area contributed by atoms with Crippen molar-refractivity contribution < 1.29 is 9.90 Å². The van der Waals surface area contributed by atoms with Crippen LogP contribution in [0.5, 0.6) is 0 Å². The van der Waals surface area contributed by atoms with Crippen molar-refractivity contribution in [2.75, 3.05) is 13.2 Å². The van der Waals surface area contributed by atoms with Crippen molar-refractivity contribution in [3.8, 4) is 0 Å². The molecule has 0 fully saturated rings. The number of aliphatic hydroxyl groups is 1. The number of hydrogen-bond donors (Lipinski definition) is 3. The molecule has 0 bridgehead atoms. The monoisotopic (exact) mass is 313 g/mol. The van der Waals surface area contributed by atoms with Crippen molar-refractivity contribution >= 4 is 17.4 Å². The number of carbonyl (C=O) groups is 1. The topological polar surface area (TPSA) is 74.2 Å². The molecule has 1 heterocycles. The van der Waals surface area contributed by atoms with E-state index >= 15 is 0 Å². The molecule has 0 saturated carbocycles. The molecule has 2 amide bonds. The molecule has 3 N–H and O–H groups in total. The van der Waals surface area contributed by atoms with E-state index in [9.17, 15) is 4.79 Å². The zero-order valence-electron chi connectivity index (χ0n) is 13.5. The van der Waals surface area contributed by atoms with Crippen LogP contribution < -0.4 is 10.6 Å². The normalized spacial score (nSPS) is 13.8. The van der Waals surface area contributed by atoms with E-state index in [0.717, 1.165) is 30.0 Å². The molecule has 0 aliphatic heterocycles. The number of urea groups is 1. The molecule has 0 aromatic carbocycles. The first-order valence-electron chi connectivity index (χ1n) is 7.56. The van der Waals surface area contributed by atoms with E-state index in [1.165, 1.54) is 4.88 Å². The first kappa shape index (κ1) is 17.9. The maximum atomic E-state index is 11.9. The Bertz CT molecular complexity index is 462. The maximum absolute atomic E-state index is 11.9. The van der Waals surface area contributed by atoms with Crippen LogP contribution >= 0.6 is 11.3 Å². The van der Waals surface area contributed by atoms with Gasteiger partial charge in [0.2, 0.25) is 0 Å². The Balaban J connectivity index is 2.39. The summed E-state index contributed by atoms with van der Waals surface area (Å²) in [6.45, 7) is 8.77. The summed E-state index contributed by atoms with van der Waals surface area (Å²) in [6.07, 6.45) is 3.04. The van der Waals surface area contributed by atoms with Gasteiger partial charge in [0.15, 0.2) is 0 Å². The van der Waals surface area contributed by atoms with Gasteiger partial charge in [-0.05, 0) is 33.1 Å². The average Bonchev–Trinajstić information content (AvgIpc) is 2.79. The lowest BCUT2D eigenvalue weighted by Gasteiger charge is -2.28. The molecule has 120 valence electrons. The predicted octanol–water partition coefficient (Wildman–Crippen LogP) is 2.41. The molecule has 1 rings (SSSR count). The predicted molar refractivity (Wildman–Crippen MR) is 86.9 cm³/mol. The van der Waals surface area contributed by atoms with Gasteiger partial charge in [-0.3, -0.25) is 0 Å². The highest BCUT2D eigenvalue weighted by atomic mass is 32.1. The lowest BCUT2D eigenvalue weighted by Crippen LogP contribution is -2.50. The van der Waals surface area contributed by atoms with Crippen molar-refractivity contribution in [2.24, 2.45) is 0 Å². The van der Waals surface area contributed by atoms with Gasteiger partial charge in [-0.15, -0.1) is 11.3 Å². The number of amides is 2. The van der Waals surface area contributed by atoms with Crippen molar-refractivity contribution in [1.82, 2.24) is 15.6 Å². The largest absolute Gasteiger partial charge is 0.396 e. The fraction of sp³-hybridized carbons (Fsp3) is 0.733. The van der Waals surface area contributed by atoms with Gasteiger partial charge >= 0.3 is 6.03 Å². The fourth-order valence-electron chi connectivity index (χ4n) is 2.10. The van der Waals surface area contributed by atoms with Gasteiger partial charge in [-0.1, -0.05) is 13.8 Å². The molecule has 0 saturated heterocycles.